The molecule has 2 N–H and O–H groups in total. The molecule has 140 valence electrons. The number of aromatic nitrogens is 2. The van der Waals surface area contributed by atoms with Gasteiger partial charge in [0, 0.05) is 16.9 Å². The van der Waals surface area contributed by atoms with E-state index in [0.717, 1.165) is 11.4 Å². The summed E-state index contributed by atoms with van der Waals surface area (Å²) in [6, 6.07) is 15.4. The highest BCUT2D eigenvalue weighted by Gasteiger charge is 2.18. The third-order valence-corrected chi connectivity index (χ3v) is 4.30. The number of hydrogen-bond acceptors (Lipinski definition) is 5. The largest absolute Gasteiger partial charge is 0.495 e. The summed E-state index contributed by atoms with van der Waals surface area (Å²) >= 11 is 6.10. The van der Waals surface area contributed by atoms with E-state index in [9.17, 15) is 0 Å². The molecule has 0 aliphatic carbocycles. The monoisotopic (exact) mass is 382 g/mol. The molecule has 0 aliphatic heterocycles. The Hall–Kier alpha value is -2.79. The summed E-state index contributed by atoms with van der Waals surface area (Å²) in [4.78, 5) is 8.90. The van der Waals surface area contributed by atoms with E-state index >= 15 is 0 Å². The van der Waals surface area contributed by atoms with Crippen LogP contribution in [0.25, 0.3) is 0 Å². The Morgan fingerprint density at radius 3 is 2.48 bits per heavy atom. The van der Waals surface area contributed by atoms with Gasteiger partial charge in [-0.15, -0.1) is 0 Å². The van der Waals surface area contributed by atoms with E-state index in [4.69, 9.17) is 16.3 Å². The minimum atomic E-state index is 0.00755. The number of hydrogen-bond donors (Lipinski definition) is 2. The van der Waals surface area contributed by atoms with Gasteiger partial charge in [0.15, 0.2) is 0 Å². The second-order valence-corrected chi connectivity index (χ2v) is 7.59. The van der Waals surface area contributed by atoms with E-state index in [0.29, 0.717) is 22.5 Å². The number of methoxy groups -OCH3 is 1. The highest BCUT2D eigenvalue weighted by molar-refractivity contribution is 6.31. The lowest BCUT2D eigenvalue weighted by atomic mass is 9.86. The lowest BCUT2D eigenvalue weighted by Crippen LogP contribution is -2.14. The summed E-state index contributed by atoms with van der Waals surface area (Å²) in [5.41, 5.74) is 2.93. The number of halogens is 1. The van der Waals surface area contributed by atoms with E-state index in [-0.39, 0.29) is 5.41 Å². The van der Waals surface area contributed by atoms with Gasteiger partial charge in [0.1, 0.15) is 11.6 Å². The fourth-order valence-corrected chi connectivity index (χ4v) is 2.94. The lowest BCUT2D eigenvalue weighted by molar-refractivity contribution is 0.417. The highest BCUT2D eigenvalue weighted by atomic mass is 35.5. The van der Waals surface area contributed by atoms with Gasteiger partial charge < -0.3 is 15.4 Å². The SMILES string of the molecule is COc1ccc(Cl)cc1Nc1ccnc(Nc2ccccc2C(C)(C)C)n1. The van der Waals surface area contributed by atoms with Crippen LogP contribution in [0.3, 0.4) is 0 Å². The van der Waals surface area contributed by atoms with Gasteiger partial charge in [0.2, 0.25) is 5.95 Å². The zero-order valence-electron chi connectivity index (χ0n) is 15.9. The zero-order chi connectivity index (χ0) is 19.4. The molecular weight excluding hydrogens is 360 g/mol. The van der Waals surface area contributed by atoms with Crippen LogP contribution in [-0.4, -0.2) is 17.1 Å². The van der Waals surface area contributed by atoms with Gasteiger partial charge >= 0.3 is 0 Å². The molecule has 0 atom stereocenters. The predicted octanol–water partition coefficient (Wildman–Crippen LogP) is 5.92. The van der Waals surface area contributed by atoms with Crippen molar-refractivity contribution in [1.29, 1.82) is 0 Å². The van der Waals surface area contributed by atoms with E-state index < -0.39 is 0 Å². The molecule has 0 saturated carbocycles. The van der Waals surface area contributed by atoms with Crippen molar-refractivity contribution in [3.05, 3.63) is 65.3 Å². The Balaban J connectivity index is 1.87. The summed E-state index contributed by atoms with van der Waals surface area (Å²) < 4.78 is 5.37. The fraction of sp³-hybridized carbons (Fsp3) is 0.238. The number of nitrogens with zero attached hydrogens (tertiary/aromatic N) is 2. The molecule has 0 amide bonds. The van der Waals surface area contributed by atoms with Crippen LogP contribution >= 0.6 is 11.6 Å². The van der Waals surface area contributed by atoms with Gasteiger partial charge in [-0.3, -0.25) is 0 Å². The first-order chi connectivity index (χ1) is 12.9. The average Bonchev–Trinajstić information content (AvgIpc) is 2.62. The molecule has 3 rings (SSSR count). The van der Waals surface area contributed by atoms with Crippen LogP contribution in [-0.2, 0) is 5.41 Å². The minimum Gasteiger partial charge on any atom is -0.495 e. The van der Waals surface area contributed by atoms with Crippen molar-refractivity contribution in [3.63, 3.8) is 0 Å². The topological polar surface area (TPSA) is 59.1 Å². The summed E-state index contributed by atoms with van der Waals surface area (Å²) in [5, 5.41) is 7.18. The summed E-state index contributed by atoms with van der Waals surface area (Å²) in [5.74, 6) is 1.84. The third kappa shape index (κ3) is 4.68. The molecule has 0 bridgehead atoms. The molecule has 27 heavy (non-hydrogen) atoms. The zero-order valence-corrected chi connectivity index (χ0v) is 16.6. The van der Waals surface area contributed by atoms with Gasteiger partial charge in [-0.05, 0) is 41.3 Å². The smallest absolute Gasteiger partial charge is 0.229 e. The predicted molar refractivity (Wildman–Crippen MR) is 112 cm³/mol. The quantitative estimate of drug-likeness (QED) is 0.573. The van der Waals surface area contributed by atoms with Crippen molar-refractivity contribution in [3.8, 4) is 5.75 Å². The van der Waals surface area contributed by atoms with E-state index in [1.54, 1.807) is 31.5 Å². The molecule has 0 unspecified atom stereocenters. The first-order valence-corrected chi connectivity index (χ1v) is 9.05. The fourth-order valence-electron chi connectivity index (χ4n) is 2.77. The van der Waals surface area contributed by atoms with Crippen LogP contribution in [0.1, 0.15) is 26.3 Å². The van der Waals surface area contributed by atoms with Gasteiger partial charge in [0.05, 0.1) is 12.8 Å². The van der Waals surface area contributed by atoms with Crippen LogP contribution in [0, 0.1) is 0 Å². The molecule has 1 heterocycles. The Morgan fingerprint density at radius 2 is 1.74 bits per heavy atom. The maximum absolute atomic E-state index is 6.10. The number of benzene rings is 2. The van der Waals surface area contributed by atoms with Crippen molar-refractivity contribution >= 4 is 34.7 Å². The molecule has 0 aliphatic rings. The molecule has 3 aromatic rings. The Labute approximate surface area is 164 Å². The number of anilines is 4. The number of para-hydroxylation sites is 1. The molecule has 0 fully saturated rings. The van der Waals surface area contributed by atoms with Crippen molar-refractivity contribution in [2.75, 3.05) is 17.7 Å². The lowest BCUT2D eigenvalue weighted by Gasteiger charge is -2.23. The van der Waals surface area contributed by atoms with Gasteiger partial charge in [-0.1, -0.05) is 50.6 Å². The second kappa shape index (κ2) is 7.84. The van der Waals surface area contributed by atoms with Crippen LogP contribution in [0.4, 0.5) is 23.1 Å². The molecule has 0 saturated heterocycles. The van der Waals surface area contributed by atoms with Crippen molar-refractivity contribution in [2.24, 2.45) is 0 Å². The van der Waals surface area contributed by atoms with Crippen LogP contribution in [0.15, 0.2) is 54.7 Å². The van der Waals surface area contributed by atoms with Gasteiger partial charge in [0.25, 0.3) is 0 Å². The maximum atomic E-state index is 6.10. The molecule has 6 heteroatoms. The maximum Gasteiger partial charge on any atom is 0.229 e. The molecule has 0 spiro atoms. The van der Waals surface area contributed by atoms with Gasteiger partial charge in [-0.25, -0.2) is 4.98 Å². The van der Waals surface area contributed by atoms with Crippen molar-refractivity contribution < 1.29 is 4.74 Å². The molecule has 2 aromatic carbocycles. The third-order valence-electron chi connectivity index (χ3n) is 4.06. The highest BCUT2D eigenvalue weighted by Crippen LogP contribution is 2.32. The molecule has 0 radical (unpaired) electrons. The number of rotatable bonds is 5. The average molecular weight is 383 g/mol. The van der Waals surface area contributed by atoms with Crippen molar-refractivity contribution in [1.82, 2.24) is 9.97 Å². The second-order valence-electron chi connectivity index (χ2n) is 7.16. The molecular formula is C21H23ClN4O. The molecule has 5 nitrogen and oxygen atoms in total. The Morgan fingerprint density at radius 1 is 0.963 bits per heavy atom. The van der Waals surface area contributed by atoms with E-state index in [2.05, 4.69) is 47.4 Å². The standard InChI is InChI=1S/C21H23ClN4O/c1-21(2,3)15-7-5-6-8-16(15)25-20-23-12-11-19(26-20)24-17-13-14(22)9-10-18(17)27-4/h5-13H,1-4H3,(H2,23,24,25,26). The Kier molecular flexibility index (Phi) is 5.51. The van der Waals surface area contributed by atoms with Gasteiger partial charge in [-0.2, -0.15) is 4.98 Å². The van der Waals surface area contributed by atoms with Crippen LogP contribution < -0.4 is 15.4 Å². The normalized spacial score (nSPS) is 11.1. The van der Waals surface area contributed by atoms with E-state index in [1.165, 1.54) is 5.56 Å². The number of ether oxygens (including phenoxy) is 1. The summed E-state index contributed by atoms with van der Waals surface area (Å²) in [6.07, 6.45) is 1.70. The van der Waals surface area contributed by atoms with Crippen LogP contribution in [0.2, 0.25) is 5.02 Å². The summed E-state index contributed by atoms with van der Waals surface area (Å²) in [7, 11) is 1.62. The first kappa shape index (κ1) is 19.0. The molecule has 1 aromatic heterocycles. The number of nitrogens with one attached hydrogen (secondary N) is 2. The minimum absolute atomic E-state index is 0.00755. The van der Waals surface area contributed by atoms with Crippen LogP contribution in [0.5, 0.6) is 5.75 Å². The first-order valence-electron chi connectivity index (χ1n) is 8.67. The summed E-state index contributed by atoms with van der Waals surface area (Å²) in [6.45, 7) is 6.54. The van der Waals surface area contributed by atoms with Crippen molar-refractivity contribution in [2.45, 2.75) is 26.2 Å². The Bertz CT molecular complexity index is 937. The van der Waals surface area contributed by atoms with E-state index in [1.807, 2.05) is 24.3 Å².